The van der Waals surface area contributed by atoms with E-state index in [9.17, 15) is 4.79 Å². The first-order valence-corrected chi connectivity index (χ1v) is 9.34. The van der Waals surface area contributed by atoms with Gasteiger partial charge in [0.25, 0.3) is 0 Å². The Bertz CT molecular complexity index is 658. The van der Waals surface area contributed by atoms with Crippen LogP contribution in [0.25, 0.3) is 0 Å². The van der Waals surface area contributed by atoms with E-state index in [1.54, 1.807) is 11.8 Å². The number of carbonyl (C=O) groups is 1. The first-order chi connectivity index (χ1) is 11.6. The van der Waals surface area contributed by atoms with E-state index in [2.05, 4.69) is 37.4 Å². The molecule has 24 heavy (non-hydrogen) atoms. The summed E-state index contributed by atoms with van der Waals surface area (Å²) >= 11 is 1.59. The molecule has 2 aromatic rings. The van der Waals surface area contributed by atoms with Gasteiger partial charge < -0.3 is 10.1 Å². The fourth-order valence-electron chi connectivity index (χ4n) is 2.30. The molecule has 2 aromatic carbocycles. The van der Waals surface area contributed by atoms with E-state index >= 15 is 0 Å². The van der Waals surface area contributed by atoms with Crippen LogP contribution in [0.2, 0.25) is 0 Å². The molecule has 0 aliphatic heterocycles. The summed E-state index contributed by atoms with van der Waals surface area (Å²) < 4.78 is 5.61. The minimum Gasteiger partial charge on any atom is -0.493 e. The number of benzene rings is 2. The molecule has 0 aliphatic carbocycles. The zero-order chi connectivity index (χ0) is 17.4. The summed E-state index contributed by atoms with van der Waals surface area (Å²) in [5, 5.41) is 3.05. The Morgan fingerprint density at radius 1 is 1.12 bits per heavy atom. The third kappa shape index (κ3) is 5.93. The van der Waals surface area contributed by atoms with Crippen molar-refractivity contribution in [1.82, 2.24) is 5.32 Å². The maximum absolute atomic E-state index is 12.0. The Labute approximate surface area is 148 Å². The fraction of sp³-hybridized carbons (Fsp3) is 0.350. The second kappa shape index (κ2) is 9.38. The highest BCUT2D eigenvalue weighted by atomic mass is 32.2. The van der Waals surface area contributed by atoms with Crippen LogP contribution in [0.1, 0.15) is 29.7 Å². The van der Waals surface area contributed by atoms with Gasteiger partial charge in [-0.15, -0.1) is 11.8 Å². The smallest absolute Gasteiger partial charge is 0.230 e. The molecule has 128 valence electrons. The van der Waals surface area contributed by atoms with Crippen LogP contribution in [0.15, 0.2) is 48.5 Å². The number of para-hydroxylation sites is 1. The third-order valence-corrected chi connectivity index (χ3v) is 4.80. The highest BCUT2D eigenvalue weighted by Crippen LogP contribution is 2.17. The average molecular weight is 343 g/mol. The van der Waals surface area contributed by atoms with Crippen LogP contribution in [-0.2, 0) is 4.79 Å². The topological polar surface area (TPSA) is 38.3 Å². The molecule has 3 nitrogen and oxygen atoms in total. The van der Waals surface area contributed by atoms with Crippen LogP contribution in [0.3, 0.4) is 0 Å². The van der Waals surface area contributed by atoms with Crippen molar-refractivity contribution >= 4 is 17.7 Å². The van der Waals surface area contributed by atoms with E-state index in [-0.39, 0.29) is 11.9 Å². The predicted molar refractivity (Wildman–Crippen MR) is 102 cm³/mol. The Hall–Kier alpha value is -1.94. The quantitative estimate of drug-likeness (QED) is 0.727. The number of hydrogen-bond acceptors (Lipinski definition) is 3. The monoisotopic (exact) mass is 343 g/mol. The van der Waals surface area contributed by atoms with Gasteiger partial charge in [0.1, 0.15) is 5.75 Å². The molecule has 0 heterocycles. The molecule has 0 fully saturated rings. The molecule has 0 aliphatic rings. The lowest BCUT2D eigenvalue weighted by Gasteiger charge is -2.15. The Kier molecular flexibility index (Phi) is 7.19. The van der Waals surface area contributed by atoms with Crippen LogP contribution in [0.5, 0.6) is 5.75 Å². The molecule has 1 N–H and O–H groups in total. The number of thioether (sulfide) groups is 1. The van der Waals surface area contributed by atoms with E-state index in [4.69, 9.17) is 4.74 Å². The minimum absolute atomic E-state index is 0.0259. The number of rotatable bonds is 8. The van der Waals surface area contributed by atoms with Gasteiger partial charge in [-0.2, -0.15) is 0 Å². The Morgan fingerprint density at radius 3 is 2.58 bits per heavy atom. The van der Waals surface area contributed by atoms with Gasteiger partial charge in [0, 0.05) is 5.75 Å². The Balaban J connectivity index is 1.66. The third-order valence-electron chi connectivity index (χ3n) is 3.88. The SMILES string of the molecule is Cc1ccc(C(C)NC(=O)CSCCOc2ccccc2)cc1C. The second-order valence-electron chi connectivity index (χ2n) is 5.85. The standard InChI is InChI=1S/C20H25NO2S/c1-15-9-10-18(13-16(15)2)17(3)21-20(22)14-24-12-11-23-19-7-5-4-6-8-19/h4-10,13,17H,11-12,14H2,1-3H3,(H,21,22). The average Bonchev–Trinajstić information content (AvgIpc) is 2.58. The van der Waals surface area contributed by atoms with Gasteiger partial charge >= 0.3 is 0 Å². The maximum atomic E-state index is 12.0. The first-order valence-electron chi connectivity index (χ1n) is 8.18. The molecular weight excluding hydrogens is 318 g/mol. The second-order valence-corrected chi connectivity index (χ2v) is 6.95. The first kappa shape index (κ1) is 18.4. The lowest BCUT2D eigenvalue weighted by molar-refractivity contribution is -0.119. The summed E-state index contributed by atoms with van der Waals surface area (Å²) in [6.45, 7) is 6.81. The zero-order valence-corrected chi connectivity index (χ0v) is 15.4. The van der Waals surface area contributed by atoms with Crippen molar-refractivity contribution in [2.24, 2.45) is 0 Å². The lowest BCUT2D eigenvalue weighted by atomic mass is 10.0. The number of ether oxygens (including phenoxy) is 1. The van der Waals surface area contributed by atoms with Crippen molar-refractivity contribution in [3.63, 3.8) is 0 Å². The van der Waals surface area contributed by atoms with Gasteiger partial charge in [0.15, 0.2) is 0 Å². The molecule has 0 radical (unpaired) electrons. The van der Waals surface area contributed by atoms with E-state index in [1.165, 1.54) is 11.1 Å². The van der Waals surface area contributed by atoms with Crippen molar-refractivity contribution in [1.29, 1.82) is 0 Å². The van der Waals surface area contributed by atoms with Crippen LogP contribution in [0, 0.1) is 13.8 Å². The highest BCUT2D eigenvalue weighted by Gasteiger charge is 2.10. The number of aryl methyl sites for hydroxylation is 2. The summed E-state index contributed by atoms with van der Waals surface area (Å²) in [6.07, 6.45) is 0. The van der Waals surface area contributed by atoms with E-state index in [1.807, 2.05) is 37.3 Å². The fourth-order valence-corrected chi connectivity index (χ4v) is 2.91. The largest absolute Gasteiger partial charge is 0.493 e. The van der Waals surface area contributed by atoms with Crippen molar-refractivity contribution in [3.05, 3.63) is 65.2 Å². The van der Waals surface area contributed by atoms with Crippen LogP contribution in [-0.4, -0.2) is 24.0 Å². The van der Waals surface area contributed by atoms with E-state index in [0.29, 0.717) is 12.4 Å². The molecule has 0 saturated heterocycles. The Morgan fingerprint density at radius 2 is 1.88 bits per heavy atom. The van der Waals surface area contributed by atoms with Gasteiger partial charge in [0.05, 0.1) is 18.4 Å². The van der Waals surface area contributed by atoms with Crippen LogP contribution < -0.4 is 10.1 Å². The number of hydrogen-bond donors (Lipinski definition) is 1. The molecule has 1 unspecified atom stereocenters. The normalized spacial score (nSPS) is 11.8. The highest BCUT2D eigenvalue weighted by molar-refractivity contribution is 7.99. The predicted octanol–water partition coefficient (Wildman–Crippen LogP) is 4.29. The van der Waals surface area contributed by atoms with Gasteiger partial charge in [-0.3, -0.25) is 4.79 Å². The summed E-state index contributed by atoms with van der Waals surface area (Å²) in [6, 6.07) is 16.1. The van der Waals surface area contributed by atoms with Crippen molar-refractivity contribution in [3.8, 4) is 5.75 Å². The maximum Gasteiger partial charge on any atom is 0.230 e. The molecular formula is C20H25NO2S. The number of nitrogens with one attached hydrogen (secondary N) is 1. The summed E-state index contributed by atoms with van der Waals surface area (Å²) in [7, 11) is 0. The molecule has 0 saturated carbocycles. The van der Waals surface area contributed by atoms with Gasteiger partial charge in [-0.25, -0.2) is 0 Å². The molecule has 1 amide bonds. The van der Waals surface area contributed by atoms with Crippen molar-refractivity contribution in [2.45, 2.75) is 26.8 Å². The molecule has 4 heteroatoms. The molecule has 0 bridgehead atoms. The number of amides is 1. The van der Waals surface area contributed by atoms with Gasteiger partial charge in [-0.05, 0) is 49.6 Å². The molecule has 1 atom stereocenters. The van der Waals surface area contributed by atoms with Gasteiger partial charge in [-0.1, -0.05) is 36.4 Å². The van der Waals surface area contributed by atoms with Gasteiger partial charge in [0.2, 0.25) is 5.91 Å². The summed E-state index contributed by atoms with van der Waals surface area (Å²) in [4.78, 5) is 12.0. The number of carbonyl (C=O) groups excluding carboxylic acids is 1. The van der Waals surface area contributed by atoms with E-state index < -0.39 is 0 Å². The van der Waals surface area contributed by atoms with Crippen molar-refractivity contribution < 1.29 is 9.53 Å². The zero-order valence-electron chi connectivity index (χ0n) is 14.5. The van der Waals surface area contributed by atoms with Crippen LogP contribution in [0.4, 0.5) is 0 Å². The summed E-state index contributed by atoms with van der Waals surface area (Å²) in [5.41, 5.74) is 3.66. The van der Waals surface area contributed by atoms with Crippen molar-refractivity contribution in [2.75, 3.05) is 18.1 Å². The van der Waals surface area contributed by atoms with Crippen LogP contribution >= 0.6 is 11.8 Å². The lowest BCUT2D eigenvalue weighted by Crippen LogP contribution is -2.28. The van der Waals surface area contributed by atoms with E-state index in [0.717, 1.165) is 17.1 Å². The minimum atomic E-state index is 0.0259. The molecule has 2 rings (SSSR count). The molecule has 0 aromatic heterocycles. The molecule has 0 spiro atoms. The summed E-state index contributed by atoms with van der Waals surface area (Å²) in [5.74, 6) is 2.17.